The molecule has 0 spiro atoms. The molecule has 1 aromatic rings. The summed E-state index contributed by atoms with van der Waals surface area (Å²) in [6, 6.07) is 3.47. The minimum Gasteiger partial charge on any atom is -0.348 e. The number of carbonyl (C=O) groups is 1. The predicted octanol–water partition coefficient (Wildman–Crippen LogP) is 2.07. The van der Waals surface area contributed by atoms with Gasteiger partial charge in [-0.2, -0.15) is 0 Å². The van der Waals surface area contributed by atoms with Crippen molar-refractivity contribution >= 4 is 17.5 Å². The highest BCUT2D eigenvalue weighted by atomic mass is 35.5. The summed E-state index contributed by atoms with van der Waals surface area (Å²) in [5.41, 5.74) is 0.563. The van der Waals surface area contributed by atoms with Crippen LogP contribution in [0.2, 0.25) is 0 Å². The number of alkyl halides is 1. The monoisotopic (exact) mass is 226 g/mol. The third-order valence-corrected chi connectivity index (χ3v) is 2.54. The van der Waals surface area contributed by atoms with Crippen LogP contribution in [0.4, 0.5) is 0 Å². The minimum absolute atomic E-state index is 0.000581. The van der Waals surface area contributed by atoms with Gasteiger partial charge in [-0.25, -0.2) is 0 Å². The summed E-state index contributed by atoms with van der Waals surface area (Å²) in [5, 5.41) is 2.87. The van der Waals surface area contributed by atoms with Crippen LogP contribution in [0.5, 0.6) is 0 Å². The molecule has 1 N–H and O–H groups in total. The number of nitrogens with zero attached hydrogens (tertiary/aromatic N) is 1. The molecule has 1 atom stereocenters. The lowest BCUT2D eigenvalue weighted by atomic mass is 10.1. The highest BCUT2D eigenvalue weighted by Crippen LogP contribution is 2.05. The highest BCUT2D eigenvalue weighted by Gasteiger charge is 2.15. The average Bonchev–Trinajstić information content (AvgIpc) is 2.26. The van der Waals surface area contributed by atoms with Crippen LogP contribution in [0.1, 0.15) is 24.2 Å². The lowest BCUT2D eigenvalue weighted by Gasteiger charge is -2.19. The van der Waals surface area contributed by atoms with E-state index in [-0.39, 0.29) is 11.9 Å². The fraction of sp³-hybridized carbons (Fsp3) is 0.455. The van der Waals surface area contributed by atoms with Gasteiger partial charge in [0.25, 0.3) is 5.91 Å². The average molecular weight is 227 g/mol. The number of rotatable bonds is 4. The molecular weight excluding hydrogens is 212 g/mol. The molecule has 82 valence electrons. The van der Waals surface area contributed by atoms with Crippen molar-refractivity contribution in [1.82, 2.24) is 10.3 Å². The molecule has 0 radical (unpaired) electrons. The lowest BCUT2D eigenvalue weighted by molar-refractivity contribution is 0.0931. The van der Waals surface area contributed by atoms with Crippen molar-refractivity contribution in [2.45, 2.75) is 19.9 Å². The normalized spacial score (nSPS) is 12.5. The van der Waals surface area contributed by atoms with Gasteiger partial charge in [0.1, 0.15) is 0 Å². The summed E-state index contributed by atoms with van der Waals surface area (Å²) in [4.78, 5) is 15.6. The molecule has 1 amide bonds. The van der Waals surface area contributed by atoms with Crippen LogP contribution in [-0.4, -0.2) is 22.8 Å². The van der Waals surface area contributed by atoms with E-state index in [0.717, 1.165) is 0 Å². The van der Waals surface area contributed by atoms with E-state index in [4.69, 9.17) is 11.6 Å². The van der Waals surface area contributed by atoms with Gasteiger partial charge in [0.05, 0.1) is 5.56 Å². The van der Waals surface area contributed by atoms with E-state index in [9.17, 15) is 4.79 Å². The first kappa shape index (κ1) is 12.0. The Bertz CT molecular complexity index is 314. The zero-order valence-electron chi connectivity index (χ0n) is 8.90. The highest BCUT2D eigenvalue weighted by molar-refractivity contribution is 6.18. The number of pyridine rings is 1. The Morgan fingerprint density at radius 3 is 2.80 bits per heavy atom. The van der Waals surface area contributed by atoms with Crippen molar-refractivity contribution in [2.75, 3.05) is 5.88 Å². The molecule has 0 saturated carbocycles. The van der Waals surface area contributed by atoms with Crippen molar-refractivity contribution in [3.05, 3.63) is 30.1 Å². The van der Waals surface area contributed by atoms with E-state index in [1.54, 1.807) is 24.5 Å². The summed E-state index contributed by atoms with van der Waals surface area (Å²) in [7, 11) is 0. The van der Waals surface area contributed by atoms with Gasteiger partial charge in [-0.05, 0) is 18.1 Å². The molecule has 1 heterocycles. The van der Waals surface area contributed by atoms with Crippen LogP contribution in [0, 0.1) is 5.92 Å². The first-order chi connectivity index (χ1) is 7.15. The van der Waals surface area contributed by atoms with Gasteiger partial charge in [-0.3, -0.25) is 9.78 Å². The quantitative estimate of drug-likeness (QED) is 0.799. The van der Waals surface area contributed by atoms with Crippen molar-refractivity contribution in [2.24, 2.45) is 5.92 Å². The molecule has 0 aliphatic rings. The number of hydrogen-bond donors (Lipinski definition) is 1. The fourth-order valence-electron chi connectivity index (χ4n) is 1.13. The molecule has 1 rings (SSSR count). The zero-order valence-corrected chi connectivity index (χ0v) is 9.66. The molecule has 1 aromatic heterocycles. The third kappa shape index (κ3) is 3.51. The largest absolute Gasteiger partial charge is 0.348 e. The van der Waals surface area contributed by atoms with E-state index in [1.165, 1.54) is 0 Å². The van der Waals surface area contributed by atoms with Gasteiger partial charge in [0, 0.05) is 24.3 Å². The van der Waals surface area contributed by atoms with Crippen LogP contribution < -0.4 is 5.32 Å². The Morgan fingerprint density at radius 2 is 2.33 bits per heavy atom. The maximum Gasteiger partial charge on any atom is 0.253 e. The Labute approximate surface area is 94.9 Å². The van der Waals surface area contributed by atoms with Gasteiger partial charge >= 0.3 is 0 Å². The molecule has 0 bridgehead atoms. The third-order valence-electron chi connectivity index (χ3n) is 2.21. The van der Waals surface area contributed by atoms with Crippen LogP contribution in [-0.2, 0) is 0 Å². The molecule has 1 unspecified atom stereocenters. The number of hydrogen-bond acceptors (Lipinski definition) is 2. The Balaban J connectivity index is 2.63. The van der Waals surface area contributed by atoms with Crippen LogP contribution in [0.3, 0.4) is 0 Å². The topological polar surface area (TPSA) is 42.0 Å². The second-order valence-electron chi connectivity index (χ2n) is 3.72. The van der Waals surface area contributed by atoms with Crippen LogP contribution in [0.25, 0.3) is 0 Å². The first-order valence-electron chi connectivity index (χ1n) is 4.92. The van der Waals surface area contributed by atoms with Crippen molar-refractivity contribution in [3.8, 4) is 0 Å². The molecule has 0 aromatic carbocycles. The number of nitrogens with one attached hydrogen (secondary N) is 1. The first-order valence-corrected chi connectivity index (χ1v) is 5.45. The molecule has 3 nitrogen and oxygen atoms in total. The number of halogens is 1. The molecule has 0 aliphatic carbocycles. The summed E-state index contributed by atoms with van der Waals surface area (Å²) < 4.78 is 0. The van der Waals surface area contributed by atoms with Crippen LogP contribution in [0.15, 0.2) is 24.5 Å². The molecule has 0 fully saturated rings. The van der Waals surface area contributed by atoms with Crippen molar-refractivity contribution in [3.63, 3.8) is 0 Å². The Morgan fingerprint density at radius 1 is 1.60 bits per heavy atom. The smallest absolute Gasteiger partial charge is 0.253 e. The molecule has 4 heteroatoms. The Hall–Kier alpha value is -1.09. The van der Waals surface area contributed by atoms with Gasteiger partial charge in [0.2, 0.25) is 0 Å². The van der Waals surface area contributed by atoms with E-state index >= 15 is 0 Å². The van der Waals surface area contributed by atoms with Gasteiger partial charge in [-0.1, -0.05) is 13.8 Å². The number of aromatic nitrogens is 1. The van der Waals surface area contributed by atoms with Gasteiger partial charge < -0.3 is 5.32 Å². The Kier molecular flexibility index (Phi) is 4.56. The molecule has 0 saturated heterocycles. The molecule has 0 aliphatic heterocycles. The summed E-state index contributed by atoms with van der Waals surface area (Å²) in [6.07, 6.45) is 3.18. The maximum atomic E-state index is 11.7. The molecule has 15 heavy (non-hydrogen) atoms. The summed E-state index contributed by atoms with van der Waals surface area (Å²) in [6.45, 7) is 4.05. The minimum atomic E-state index is -0.123. The van der Waals surface area contributed by atoms with E-state index in [1.807, 2.05) is 13.8 Å². The predicted molar refractivity (Wildman–Crippen MR) is 61.0 cm³/mol. The lowest BCUT2D eigenvalue weighted by Crippen LogP contribution is -2.39. The zero-order chi connectivity index (χ0) is 11.3. The number of carbonyl (C=O) groups excluding carboxylic acids is 1. The van der Waals surface area contributed by atoms with E-state index in [0.29, 0.717) is 17.4 Å². The van der Waals surface area contributed by atoms with Gasteiger partial charge in [-0.15, -0.1) is 11.6 Å². The fourth-order valence-corrected chi connectivity index (χ4v) is 1.57. The van der Waals surface area contributed by atoms with Crippen molar-refractivity contribution < 1.29 is 4.79 Å². The maximum absolute atomic E-state index is 11.7. The second kappa shape index (κ2) is 5.71. The standard InChI is InChI=1S/C11H15ClN2O/c1-8(2)10(6-12)14-11(15)9-4-3-5-13-7-9/h3-5,7-8,10H,6H2,1-2H3,(H,14,15). The second-order valence-corrected chi connectivity index (χ2v) is 4.03. The van der Waals surface area contributed by atoms with E-state index < -0.39 is 0 Å². The molecular formula is C11H15ClN2O. The van der Waals surface area contributed by atoms with Crippen molar-refractivity contribution in [1.29, 1.82) is 0 Å². The van der Waals surface area contributed by atoms with E-state index in [2.05, 4.69) is 10.3 Å². The number of amides is 1. The summed E-state index contributed by atoms with van der Waals surface area (Å²) >= 11 is 5.76. The summed E-state index contributed by atoms with van der Waals surface area (Å²) in [5.74, 6) is 0.620. The van der Waals surface area contributed by atoms with Gasteiger partial charge in [0.15, 0.2) is 0 Å². The van der Waals surface area contributed by atoms with Crippen LogP contribution >= 0.6 is 11.6 Å². The SMILES string of the molecule is CC(C)C(CCl)NC(=O)c1cccnc1.